The fourth-order valence-electron chi connectivity index (χ4n) is 3.65. The molecule has 5 rings (SSSR count). The second-order valence-corrected chi connectivity index (χ2v) is 8.17. The minimum absolute atomic E-state index is 0.177. The van der Waals surface area contributed by atoms with Gasteiger partial charge in [0.2, 0.25) is 0 Å². The lowest BCUT2D eigenvalue weighted by atomic mass is 10.1. The van der Waals surface area contributed by atoms with Crippen molar-refractivity contribution in [1.29, 1.82) is 0 Å². The van der Waals surface area contributed by atoms with Crippen molar-refractivity contribution in [3.05, 3.63) is 59.0 Å². The first-order valence-corrected chi connectivity index (χ1v) is 10.7. The molecule has 2 aromatic heterocycles. The Bertz CT molecular complexity index is 1340. The van der Waals surface area contributed by atoms with Crippen LogP contribution in [0.2, 0.25) is 5.02 Å². The van der Waals surface area contributed by atoms with Crippen LogP contribution >= 0.6 is 11.6 Å². The number of rotatable bonds is 7. The van der Waals surface area contributed by atoms with E-state index in [0.717, 1.165) is 18.4 Å². The Morgan fingerprint density at radius 3 is 2.88 bits per heavy atom. The van der Waals surface area contributed by atoms with Crippen LogP contribution in [0.5, 0.6) is 0 Å². The fraction of sp³-hybridized carbons (Fsp3) is 0.261. The van der Waals surface area contributed by atoms with Gasteiger partial charge in [0.15, 0.2) is 11.5 Å². The maximum atomic E-state index is 14.1. The molecule has 9 heteroatoms. The summed E-state index contributed by atoms with van der Waals surface area (Å²) < 4.78 is 21.1. The van der Waals surface area contributed by atoms with Crippen molar-refractivity contribution in [2.24, 2.45) is 0 Å². The second-order valence-electron chi connectivity index (χ2n) is 7.76. The van der Waals surface area contributed by atoms with Crippen LogP contribution < -0.4 is 10.6 Å². The zero-order valence-electron chi connectivity index (χ0n) is 17.4. The van der Waals surface area contributed by atoms with Gasteiger partial charge in [-0.25, -0.2) is 14.4 Å². The number of aromatic nitrogens is 3. The third kappa shape index (κ3) is 3.87. The molecule has 1 amide bonds. The molecule has 32 heavy (non-hydrogen) atoms. The molecule has 4 aromatic rings. The number of benzene rings is 2. The van der Waals surface area contributed by atoms with Crippen LogP contribution in [-0.4, -0.2) is 46.6 Å². The lowest BCUT2D eigenvalue weighted by Crippen LogP contribution is -2.25. The average molecular weight is 454 g/mol. The first-order chi connectivity index (χ1) is 15.5. The SMILES string of the molecule is COCCNc1nc2ccc(F)cc2n2c(-c3ccc(C(=O)NC4CC4)c(Cl)c3)cnc12. The Morgan fingerprint density at radius 2 is 2.12 bits per heavy atom. The van der Waals surface area contributed by atoms with Gasteiger partial charge in [0.05, 0.1) is 40.1 Å². The van der Waals surface area contributed by atoms with Gasteiger partial charge in [0, 0.05) is 31.3 Å². The highest BCUT2D eigenvalue weighted by Gasteiger charge is 2.25. The van der Waals surface area contributed by atoms with Crippen molar-refractivity contribution in [1.82, 2.24) is 19.7 Å². The normalized spacial score (nSPS) is 13.6. The quantitative estimate of drug-likeness (QED) is 0.408. The maximum Gasteiger partial charge on any atom is 0.253 e. The van der Waals surface area contributed by atoms with Crippen LogP contribution in [0.3, 0.4) is 0 Å². The highest BCUT2D eigenvalue weighted by molar-refractivity contribution is 6.34. The summed E-state index contributed by atoms with van der Waals surface area (Å²) in [5, 5.41) is 6.52. The highest BCUT2D eigenvalue weighted by Crippen LogP contribution is 2.31. The molecular weight excluding hydrogens is 433 g/mol. The van der Waals surface area contributed by atoms with Gasteiger partial charge in [0.25, 0.3) is 5.91 Å². The van der Waals surface area contributed by atoms with Crippen molar-refractivity contribution in [2.75, 3.05) is 25.6 Å². The smallest absolute Gasteiger partial charge is 0.253 e. The molecule has 0 unspecified atom stereocenters. The minimum atomic E-state index is -0.370. The van der Waals surface area contributed by atoms with Gasteiger partial charge in [-0.2, -0.15) is 0 Å². The molecule has 0 saturated heterocycles. The van der Waals surface area contributed by atoms with Crippen LogP contribution in [0.15, 0.2) is 42.6 Å². The van der Waals surface area contributed by atoms with E-state index in [-0.39, 0.29) is 17.8 Å². The molecule has 0 bridgehead atoms. The maximum absolute atomic E-state index is 14.1. The topological polar surface area (TPSA) is 80.5 Å². The summed E-state index contributed by atoms with van der Waals surface area (Å²) >= 11 is 6.47. The van der Waals surface area contributed by atoms with Gasteiger partial charge in [-0.1, -0.05) is 17.7 Å². The summed E-state index contributed by atoms with van der Waals surface area (Å²) in [7, 11) is 1.62. The van der Waals surface area contributed by atoms with E-state index in [2.05, 4.69) is 20.6 Å². The van der Waals surface area contributed by atoms with E-state index in [1.54, 1.807) is 31.5 Å². The van der Waals surface area contributed by atoms with Crippen molar-refractivity contribution < 1.29 is 13.9 Å². The number of amides is 1. The molecule has 164 valence electrons. The van der Waals surface area contributed by atoms with Gasteiger partial charge in [-0.15, -0.1) is 0 Å². The number of ether oxygens (including phenoxy) is 1. The first-order valence-electron chi connectivity index (χ1n) is 10.4. The van der Waals surface area contributed by atoms with E-state index in [0.29, 0.717) is 51.9 Å². The van der Waals surface area contributed by atoms with E-state index in [1.807, 2.05) is 10.5 Å². The van der Waals surface area contributed by atoms with Crippen LogP contribution in [-0.2, 0) is 4.74 Å². The van der Waals surface area contributed by atoms with E-state index < -0.39 is 0 Å². The third-order valence-corrected chi connectivity index (χ3v) is 5.72. The summed E-state index contributed by atoms with van der Waals surface area (Å²) in [4.78, 5) is 21.6. The van der Waals surface area contributed by atoms with Crippen molar-refractivity contribution in [2.45, 2.75) is 18.9 Å². The molecule has 0 atom stereocenters. The number of hydrogen-bond acceptors (Lipinski definition) is 5. The lowest BCUT2D eigenvalue weighted by molar-refractivity contribution is 0.0951. The second kappa shape index (κ2) is 8.37. The number of methoxy groups -OCH3 is 1. The van der Waals surface area contributed by atoms with E-state index in [4.69, 9.17) is 16.3 Å². The van der Waals surface area contributed by atoms with Gasteiger partial charge in [-0.3, -0.25) is 9.20 Å². The number of nitrogens with one attached hydrogen (secondary N) is 2. The van der Waals surface area contributed by atoms with Crippen LogP contribution in [0.25, 0.3) is 27.9 Å². The monoisotopic (exact) mass is 453 g/mol. The Hall–Kier alpha value is -3.23. The molecule has 1 fully saturated rings. The van der Waals surface area contributed by atoms with Crippen molar-refractivity contribution >= 4 is 40.0 Å². The molecule has 2 heterocycles. The number of carbonyl (C=O) groups excluding carboxylic acids is 1. The molecule has 0 aliphatic heterocycles. The molecule has 0 spiro atoms. The van der Waals surface area contributed by atoms with Crippen LogP contribution in [0, 0.1) is 5.82 Å². The summed E-state index contributed by atoms with van der Waals surface area (Å²) in [6, 6.07) is 9.94. The average Bonchev–Trinajstić information content (AvgIpc) is 3.47. The number of anilines is 1. The molecular formula is C23H21ClFN5O2. The van der Waals surface area contributed by atoms with Crippen LogP contribution in [0.1, 0.15) is 23.2 Å². The molecule has 0 radical (unpaired) electrons. The minimum Gasteiger partial charge on any atom is -0.383 e. The Labute approximate surface area is 188 Å². The lowest BCUT2D eigenvalue weighted by Gasteiger charge is -2.12. The van der Waals surface area contributed by atoms with Gasteiger partial charge >= 0.3 is 0 Å². The number of imidazole rings is 1. The Kier molecular flexibility index (Phi) is 5.40. The number of nitrogens with zero attached hydrogens (tertiary/aromatic N) is 3. The van der Waals surface area contributed by atoms with Crippen molar-refractivity contribution in [3.63, 3.8) is 0 Å². The molecule has 1 aliphatic carbocycles. The van der Waals surface area contributed by atoms with E-state index in [1.165, 1.54) is 12.1 Å². The molecule has 1 aliphatic rings. The van der Waals surface area contributed by atoms with Gasteiger partial charge in [0.1, 0.15) is 5.82 Å². The van der Waals surface area contributed by atoms with E-state index in [9.17, 15) is 9.18 Å². The third-order valence-electron chi connectivity index (χ3n) is 5.40. The zero-order chi connectivity index (χ0) is 22.2. The van der Waals surface area contributed by atoms with E-state index >= 15 is 0 Å². The van der Waals surface area contributed by atoms with Gasteiger partial charge in [-0.05, 0) is 37.1 Å². The number of fused-ring (bicyclic) bond motifs is 3. The Balaban J connectivity index is 1.62. The Morgan fingerprint density at radius 1 is 1.28 bits per heavy atom. The summed E-state index contributed by atoms with van der Waals surface area (Å²) in [6.45, 7) is 1.05. The zero-order valence-corrected chi connectivity index (χ0v) is 18.1. The standard InChI is InChI=1S/C23H21ClFN5O2/c1-32-9-8-26-21-22-27-12-20(30(22)19-11-14(25)3-7-18(19)29-21)13-2-6-16(17(24)10-13)23(31)28-15-4-5-15/h2-3,6-7,10-12,15H,4-5,8-9H2,1H3,(H,26,29)(H,28,31). The van der Waals surface area contributed by atoms with Crippen molar-refractivity contribution in [3.8, 4) is 11.3 Å². The summed E-state index contributed by atoms with van der Waals surface area (Å²) in [5.41, 5.74) is 3.64. The highest BCUT2D eigenvalue weighted by atomic mass is 35.5. The number of halogens is 2. The molecule has 2 N–H and O–H groups in total. The molecule has 1 saturated carbocycles. The number of carbonyl (C=O) groups is 1. The van der Waals surface area contributed by atoms with Crippen LogP contribution in [0.4, 0.5) is 10.2 Å². The molecule has 7 nitrogen and oxygen atoms in total. The molecule has 2 aromatic carbocycles. The predicted molar refractivity (Wildman–Crippen MR) is 122 cm³/mol. The predicted octanol–water partition coefficient (Wildman–Crippen LogP) is 4.29. The van der Waals surface area contributed by atoms with Gasteiger partial charge < -0.3 is 15.4 Å². The summed E-state index contributed by atoms with van der Waals surface area (Å²) in [5.74, 6) is 0.0212. The summed E-state index contributed by atoms with van der Waals surface area (Å²) in [6.07, 6.45) is 3.70. The number of hydrogen-bond donors (Lipinski definition) is 2. The largest absolute Gasteiger partial charge is 0.383 e. The fourth-order valence-corrected chi connectivity index (χ4v) is 3.91. The first kappa shape index (κ1) is 20.7.